The third-order valence-corrected chi connectivity index (χ3v) is 6.77. The van der Waals surface area contributed by atoms with Crippen LogP contribution in [0.4, 0.5) is 5.69 Å². The van der Waals surface area contributed by atoms with Crippen LogP contribution in [-0.4, -0.2) is 33.1 Å². The number of amides is 2. The predicted molar refractivity (Wildman–Crippen MR) is 104 cm³/mol. The van der Waals surface area contributed by atoms with Gasteiger partial charge in [-0.15, -0.1) is 0 Å². The quantitative estimate of drug-likeness (QED) is 0.835. The summed E-state index contributed by atoms with van der Waals surface area (Å²) in [7, 11) is 0. The van der Waals surface area contributed by atoms with E-state index < -0.39 is 0 Å². The second-order valence-corrected chi connectivity index (χ2v) is 8.79. The van der Waals surface area contributed by atoms with E-state index in [1.54, 1.807) is 11.0 Å². The lowest BCUT2D eigenvalue weighted by Crippen LogP contribution is -2.54. The van der Waals surface area contributed by atoms with Gasteiger partial charge in [-0.25, -0.2) is 9.67 Å². The smallest absolute Gasteiger partial charge is 0.243 e. The number of hydrogen-bond acceptors (Lipinski definition) is 4. The van der Waals surface area contributed by atoms with E-state index in [1.807, 2.05) is 24.3 Å². The number of carbonyl (C=O) groups is 2. The zero-order valence-corrected chi connectivity index (χ0v) is 15.8. The Balaban J connectivity index is 1.22. The van der Waals surface area contributed by atoms with E-state index >= 15 is 0 Å². The summed E-state index contributed by atoms with van der Waals surface area (Å²) in [6.07, 6.45) is 9.93. The van der Waals surface area contributed by atoms with Crippen LogP contribution in [0.15, 0.2) is 36.9 Å². The highest BCUT2D eigenvalue weighted by molar-refractivity contribution is 5.96. The van der Waals surface area contributed by atoms with Crippen molar-refractivity contribution in [1.82, 2.24) is 20.1 Å². The highest BCUT2D eigenvalue weighted by atomic mass is 16.2. The largest absolute Gasteiger partial charge is 0.347 e. The lowest BCUT2D eigenvalue weighted by atomic mass is 9.49. The van der Waals surface area contributed by atoms with E-state index in [1.165, 1.54) is 25.6 Å². The molecule has 0 saturated heterocycles. The number of benzene rings is 1. The van der Waals surface area contributed by atoms with Crippen molar-refractivity contribution in [3.05, 3.63) is 36.9 Å². The summed E-state index contributed by atoms with van der Waals surface area (Å²) < 4.78 is 1.60. The summed E-state index contributed by atoms with van der Waals surface area (Å²) >= 11 is 0. The van der Waals surface area contributed by atoms with Crippen molar-refractivity contribution in [2.75, 3.05) is 11.9 Å². The van der Waals surface area contributed by atoms with Gasteiger partial charge in [0.1, 0.15) is 12.7 Å². The minimum absolute atomic E-state index is 0.00766. The maximum Gasteiger partial charge on any atom is 0.243 e. The second kappa shape index (κ2) is 6.72. The van der Waals surface area contributed by atoms with Gasteiger partial charge in [0.2, 0.25) is 11.8 Å². The molecule has 28 heavy (non-hydrogen) atoms. The van der Waals surface area contributed by atoms with Crippen molar-refractivity contribution in [2.24, 2.45) is 23.2 Å². The molecule has 146 valence electrons. The van der Waals surface area contributed by atoms with Crippen molar-refractivity contribution in [3.8, 4) is 5.69 Å². The molecule has 7 heteroatoms. The third-order valence-electron chi connectivity index (χ3n) is 6.77. The Kier molecular flexibility index (Phi) is 4.18. The van der Waals surface area contributed by atoms with Gasteiger partial charge in [-0.05, 0) is 68.4 Å². The minimum Gasteiger partial charge on any atom is -0.347 e. The first-order chi connectivity index (χ1) is 13.6. The molecule has 4 aliphatic carbocycles. The van der Waals surface area contributed by atoms with Crippen LogP contribution < -0.4 is 10.6 Å². The normalized spacial score (nSPS) is 30.2. The fourth-order valence-corrected chi connectivity index (χ4v) is 6.04. The lowest BCUT2D eigenvalue weighted by molar-refractivity contribution is -0.146. The zero-order chi connectivity index (χ0) is 19.1. The van der Waals surface area contributed by atoms with Crippen LogP contribution in [0.2, 0.25) is 0 Å². The molecule has 4 saturated carbocycles. The molecule has 4 fully saturated rings. The van der Waals surface area contributed by atoms with Crippen LogP contribution in [0, 0.1) is 23.2 Å². The van der Waals surface area contributed by atoms with E-state index in [0.29, 0.717) is 23.4 Å². The summed E-state index contributed by atoms with van der Waals surface area (Å²) in [5.74, 6) is 1.97. The van der Waals surface area contributed by atoms with Crippen LogP contribution in [0.1, 0.15) is 38.5 Å². The average Bonchev–Trinajstić information content (AvgIpc) is 3.20. The molecular weight excluding hydrogens is 354 g/mol. The van der Waals surface area contributed by atoms with E-state index in [4.69, 9.17) is 0 Å². The van der Waals surface area contributed by atoms with Gasteiger partial charge < -0.3 is 10.6 Å². The molecule has 6 rings (SSSR count). The molecule has 4 aliphatic rings. The number of para-hydroxylation sites is 2. The van der Waals surface area contributed by atoms with Gasteiger partial charge in [0.15, 0.2) is 0 Å². The fraction of sp³-hybridized carbons (Fsp3) is 0.524. The van der Waals surface area contributed by atoms with E-state index in [2.05, 4.69) is 20.7 Å². The van der Waals surface area contributed by atoms with Crippen molar-refractivity contribution in [2.45, 2.75) is 38.5 Å². The maximum atomic E-state index is 13.0. The van der Waals surface area contributed by atoms with Gasteiger partial charge in [0, 0.05) is 5.41 Å². The molecule has 1 heterocycles. The molecule has 4 bridgehead atoms. The van der Waals surface area contributed by atoms with E-state index in [9.17, 15) is 9.59 Å². The molecule has 0 aliphatic heterocycles. The van der Waals surface area contributed by atoms with Crippen LogP contribution >= 0.6 is 0 Å². The van der Waals surface area contributed by atoms with Gasteiger partial charge in [0.05, 0.1) is 17.9 Å². The molecule has 2 aromatic rings. The summed E-state index contributed by atoms with van der Waals surface area (Å²) in [6, 6.07) is 7.40. The molecule has 1 aromatic carbocycles. The number of carbonyl (C=O) groups excluding carboxylic acids is 2. The molecule has 0 unspecified atom stereocenters. The summed E-state index contributed by atoms with van der Waals surface area (Å²) in [6.45, 7) is -0.00766. The van der Waals surface area contributed by atoms with Crippen molar-refractivity contribution in [3.63, 3.8) is 0 Å². The summed E-state index contributed by atoms with van der Waals surface area (Å²) in [5, 5.41) is 9.93. The standard InChI is InChI=1S/C21H25N5O2/c27-19(25-17-3-1-2-4-18(17)26-13-22-12-24-26)11-23-20(28)21-8-14-5-15(9-21)7-16(6-14)10-21/h1-4,12-16H,5-11H2,(H,23,28)(H,25,27). The molecule has 0 atom stereocenters. The Hall–Kier alpha value is -2.70. The molecule has 1 aromatic heterocycles. The topological polar surface area (TPSA) is 88.9 Å². The number of anilines is 1. The zero-order valence-electron chi connectivity index (χ0n) is 15.8. The number of aromatic nitrogens is 3. The Bertz CT molecular complexity index is 857. The van der Waals surface area contributed by atoms with Crippen LogP contribution in [0.3, 0.4) is 0 Å². The van der Waals surface area contributed by atoms with Gasteiger partial charge in [0.25, 0.3) is 0 Å². The Labute approximate surface area is 163 Å². The number of nitrogens with one attached hydrogen (secondary N) is 2. The SMILES string of the molecule is O=C(CNC(=O)C12CC3CC(CC(C3)C1)C2)Nc1ccccc1-n1cncn1. The molecule has 2 N–H and O–H groups in total. The predicted octanol–water partition coefficient (Wildman–Crippen LogP) is 2.54. The fourth-order valence-electron chi connectivity index (χ4n) is 6.04. The molecule has 0 radical (unpaired) electrons. The van der Waals surface area contributed by atoms with Crippen molar-refractivity contribution >= 4 is 17.5 Å². The lowest BCUT2D eigenvalue weighted by Gasteiger charge is -2.55. The monoisotopic (exact) mass is 379 g/mol. The first kappa shape index (κ1) is 17.4. The van der Waals surface area contributed by atoms with Crippen molar-refractivity contribution in [1.29, 1.82) is 0 Å². The molecule has 0 spiro atoms. The van der Waals surface area contributed by atoms with Crippen LogP contribution in [0.5, 0.6) is 0 Å². The third kappa shape index (κ3) is 3.08. The van der Waals surface area contributed by atoms with Crippen LogP contribution in [0.25, 0.3) is 5.69 Å². The average molecular weight is 379 g/mol. The van der Waals surface area contributed by atoms with Gasteiger partial charge in [-0.3, -0.25) is 9.59 Å². The minimum atomic E-state index is -0.231. The Morgan fingerprint density at radius 2 is 1.75 bits per heavy atom. The maximum absolute atomic E-state index is 13.0. The Morgan fingerprint density at radius 3 is 2.39 bits per heavy atom. The first-order valence-electron chi connectivity index (χ1n) is 10.1. The van der Waals surface area contributed by atoms with E-state index in [0.717, 1.165) is 24.9 Å². The van der Waals surface area contributed by atoms with Crippen LogP contribution in [-0.2, 0) is 9.59 Å². The summed E-state index contributed by atoms with van der Waals surface area (Å²) in [5.41, 5.74) is 1.15. The van der Waals surface area contributed by atoms with Gasteiger partial charge in [-0.2, -0.15) is 5.10 Å². The number of nitrogens with zero attached hydrogens (tertiary/aromatic N) is 3. The van der Waals surface area contributed by atoms with Crippen molar-refractivity contribution < 1.29 is 9.59 Å². The molecule has 7 nitrogen and oxygen atoms in total. The molecular formula is C21H25N5O2. The number of rotatable bonds is 5. The van der Waals surface area contributed by atoms with Gasteiger partial charge >= 0.3 is 0 Å². The second-order valence-electron chi connectivity index (χ2n) is 8.79. The highest BCUT2D eigenvalue weighted by Crippen LogP contribution is 2.60. The molecule has 2 amide bonds. The highest BCUT2D eigenvalue weighted by Gasteiger charge is 2.54. The number of hydrogen-bond donors (Lipinski definition) is 2. The Morgan fingerprint density at radius 1 is 1.07 bits per heavy atom. The summed E-state index contributed by atoms with van der Waals surface area (Å²) in [4.78, 5) is 29.4. The first-order valence-corrected chi connectivity index (χ1v) is 10.1. The van der Waals surface area contributed by atoms with Gasteiger partial charge in [-0.1, -0.05) is 12.1 Å². The van der Waals surface area contributed by atoms with E-state index in [-0.39, 0.29) is 23.8 Å².